The molecule has 0 saturated carbocycles. The van der Waals surface area contributed by atoms with Crippen LogP contribution in [0.3, 0.4) is 0 Å². The second kappa shape index (κ2) is 6.77. The minimum atomic E-state index is -0.796. The number of hydrogen-bond acceptors (Lipinski definition) is 5. The number of ether oxygens (including phenoxy) is 2. The van der Waals surface area contributed by atoms with Crippen molar-refractivity contribution in [3.63, 3.8) is 0 Å². The first-order chi connectivity index (χ1) is 14.6. The zero-order valence-corrected chi connectivity index (χ0v) is 17.4. The molecule has 3 aliphatic heterocycles. The number of amidine groups is 1. The molecule has 2 aliphatic carbocycles. The van der Waals surface area contributed by atoms with Crippen molar-refractivity contribution in [1.29, 1.82) is 0 Å². The maximum Gasteiger partial charge on any atom is 0.296 e. The SMILES string of the molecule is Cc1ccc2c(n1)C1CCN(C3=NC(=O)C4(CC5=C(CCC=C5)C4)O3)CCC1OC2. The summed E-state index contributed by atoms with van der Waals surface area (Å²) in [5, 5.41) is 0. The van der Waals surface area contributed by atoms with Crippen LogP contribution in [-0.4, -0.2) is 46.6 Å². The number of aryl methyl sites for hydroxylation is 1. The number of carbonyl (C=O) groups is 1. The van der Waals surface area contributed by atoms with Crippen LogP contribution in [0.1, 0.15) is 61.4 Å². The molecule has 1 aromatic rings. The van der Waals surface area contributed by atoms with Gasteiger partial charge in [-0.25, -0.2) is 0 Å². The van der Waals surface area contributed by atoms with Crippen LogP contribution < -0.4 is 0 Å². The fourth-order valence-corrected chi connectivity index (χ4v) is 5.68. The second-order valence-electron chi connectivity index (χ2n) is 9.24. The fraction of sp³-hybridized carbons (Fsp3) is 0.542. The highest BCUT2D eigenvalue weighted by atomic mass is 16.5. The molecule has 0 aromatic carbocycles. The van der Waals surface area contributed by atoms with E-state index in [2.05, 4.69) is 34.2 Å². The topological polar surface area (TPSA) is 64.0 Å². The summed E-state index contributed by atoms with van der Waals surface area (Å²) >= 11 is 0. The van der Waals surface area contributed by atoms with Gasteiger partial charge in [-0.3, -0.25) is 9.78 Å². The van der Waals surface area contributed by atoms with Crippen LogP contribution in [-0.2, 0) is 20.9 Å². The normalized spacial score (nSPS) is 32.5. The Labute approximate surface area is 176 Å². The maximum atomic E-state index is 12.9. The summed E-state index contributed by atoms with van der Waals surface area (Å²) in [6.07, 6.45) is 9.79. The van der Waals surface area contributed by atoms with Crippen molar-refractivity contribution in [3.8, 4) is 0 Å². The molecule has 0 radical (unpaired) electrons. The lowest BCUT2D eigenvalue weighted by atomic mass is 9.88. The number of rotatable bonds is 0. The van der Waals surface area contributed by atoms with Gasteiger partial charge < -0.3 is 14.4 Å². The summed E-state index contributed by atoms with van der Waals surface area (Å²) in [6, 6.07) is 4.72. The van der Waals surface area contributed by atoms with Gasteiger partial charge in [-0.2, -0.15) is 4.99 Å². The molecule has 6 nitrogen and oxygen atoms in total. The molecule has 1 spiro atoms. The van der Waals surface area contributed by atoms with Gasteiger partial charge in [0.2, 0.25) is 5.60 Å². The zero-order valence-electron chi connectivity index (χ0n) is 17.4. The Morgan fingerprint density at radius 1 is 1.20 bits per heavy atom. The fourth-order valence-electron chi connectivity index (χ4n) is 5.68. The number of fused-ring (bicyclic) bond motifs is 3. The average molecular weight is 405 g/mol. The van der Waals surface area contributed by atoms with Crippen molar-refractivity contribution >= 4 is 11.9 Å². The van der Waals surface area contributed by atoms with Crippen LogP contribution in [0.25, 0.3) is 0 Å². The molecular formula is C24H27N3O3. The third-order valence-corrected chi connectivity index (χ3v) is 7.30. The number of likely N-dealkylation sites (tertiary alicyclic amines) is 1. The number of allylic oxidation sites excluding steroid dienone is 2. The van der Waals surface area contributed by atoms with E-state index in [-0.39, 0.29) is 17.9 Å². The highest BCUT2D eigenvalue weighted by Crippen LogP contribution is 2.45. The number of carbonyl (C=O) groups excluding carboxylic acids is 1. The van der Waals surface area contributed by atoms with Gasteiger partial charge in [-0.15, -0.1) is 0 Å². The minimum absolute atomic E-state index is 0.110. The summed E-state index contributed by atoms with van der Waals surface area (Å²) in [5.74, 6) is 0.178. The van der Waals surface area contributed by atoms with Crippen LogP contribution in [0.15, 0.2) is 40.4 Å². The Morgan fingerprint density at radius 2 is 2.10 bits per heavy atom. The van der Waals surface area contributed by atoms with Gasteiger partial charge in [-0.05, 0) is 49.8 Å². The standard InChI is InChI=1S/C24H27N3O3/c1-15-6-7-18-14-29-20-9-11-27(10-8-19(20)21(18)25-15)23-26-22(28)24(30-23)12-16-4-2-3-5-17(16)13-24/h2,4,6-7,19-20H,3,5,8-14H2,1H3. The molecule has 30 heavy (non-hydrogen) atoms. The third kappa shape index (κ3) is 2.84. The van der Waals surface area contributed by atoms with Gasteiger partial charge in [-0.1, -0.05) is 23.8 Å². The maximum absolute atomic E-state index is 12.9. The lowest BCUT2D eigenvalue weighted by molar-refractivity contribution is -0.130. The van der Waals surface area contributed by atoms with E-state index in [9.17, 15) is 4.79 Å². The molecule has 0 bridgehead atoms. The van der Waals surface area contributed by atoms with Crippen molar-refractivity contribution in [2.75, 3.05) is 13.1 Å². The zero-order chi connectivity index (χ0) is 20.3. The largest absolute Gasteiger partial charge is 0.447 e. The predicted octanol–water partition coefficient (Wildman–Crippen LogP) is 3.56. The second-order valence-corrected chi connectivity index (χ2v) is 9.24. The first-order valence-corrected chi connectivity index (χ1v) is 11.1. The number of aliphatic imine (C=N–C) groups is 1. The molecule has 0 N–H and O–H groups in total. The summed E-state index contributed by atoms with van der Waals surface area (Å²) in [7, 11) is 0. The summed E-state index contributed by atoms with van der Waals surface area (Å²) in [5.41, 5.74) is 5.30. The molecule has 3 unspecified atom stereocenters. The summed E-state index contributed by atoms with van der Waals surface area (Å²) in [4.78, 5) is 24.3. The number of pyridine rings is 1. The minimum Gasteiger partial charge on any atom is -0.447 e. The van der Waals surface area contributed by atoms with Gasteiger partial charge >= 0.3 is 0 Å². The van der Waals surface area contributed by atoms with E-state index in [0.29, 0.717) is 25.5 Å². The van der Waals surface area contributed by atoms with Gasteiger partial charge in [0.05, 0.1) is 18.4 Å². The third-order valence-electron chi connectivity index (χ3n) is 7.30. The molecule has 1 aromatic heterocycles. The van der Waals surface area contributed by atoms with E-state index in [4.69, 9.17) is 14.5 Å². The Morgan fingerprint density at radius 3 is 3.00 bits per heavy atom. The lowest BCUT2D eigenvalue weighted by Gasteiger charge is -2.31. The van der Waals surface area contributed by atoms with Crippen LogP contribution in [0.2, 0.25) is 0 Å². The molecule has 1 saturated heterocycles. The molecule has 156 valence electrons. The first kappa shape index (κ1) is 18.3. The van der Waals surface area contributed by atoms with Crippen LogP contribution >= 0.6 is 0 Å². The molecule has 6 heteroatoms. The van der Waals surface area contributed by atoms with Crippen LogP contribution in [0.5, 0.6) is 0 Å². The molecule has 5 aliphatic rings. The van der Waals surface area contributed by atoms with Crippen LogP contribution in [0, 0.1) is 6.92 Å². The number of nitrogens with zero attached hydrogens (tertiary/aromatic N) is 3. The molecule has 1 fully saturated rings. The first-order valence-electron chi connectivity index (χ1n) is 11.1. The van der Waals surface area contributed by atoms with Gasteiger partial charge in [0.15, 0.2) is 0 Å². The van der Waals surface area contributed by atoms with Crippen molar-refractivity contribution in [3.05, 3.63) is 52.4 Å². The van der Waals surface area contributed by atoms with Crippen molar-refractivity contribution < 1.29 is 14.3 Å². The summed E-state index contributed by atoms with van der Waals surface area (Å²) < 4.78 is 12.5. The number of amides is 1. The Hall–Kier alpha value is -2.47. The smallest absolute Gasteiger partial charge is 0.296 e. The van der Waals surface area contributed by atoms with Gasteiger partial charge in [0.1, 0.15) is 0 Å². The monoisotopic (exact) mass is 405 g/mol. The summed E-state index contributed by atoms with van der Waals surface area (Å²) in [6.45, 7) is 4.27. The Kier molecular flexibility index (Phi) is 4.13. The molecule has 1 amide bonds. The van der Waals surface area contributed by atoms with Crippen molar-refractivity contribution in [1.82, 2.24) is 9.88 Å². The van der Waals surface area contributed by atoms with E-state index < -0.39 is 5.60 Å². The molecule has 4 heterocycles. The van der Waals surface area contributed by atoms with Crippen molar-refractivity contribution in [2.45, 2.75) is 69.7 Å². The number of hydrogen-bond donors (Lipinski definition) is 0. The molecule has 3 atom stereocenters. The average Bonchev–Trinajstić information content (AvgIpc) is 3.18. The predicted molar refractivity (Wildman–Crippen MR) is 112 cm³/mol. The lowest BCUT2D eigenvalue weighted by Crippen LogP contribution is -2.39. The Balaban J connectivity index is 1.19. The molecular weight excluding hydrogens is 378 g/mol. The molecule has 6 rings (SSSR count). The van der Waals surface area contributed by atoms with Crippen LogP contribution in [0.4, 0.5) is 0 Å². The van der Waals surface area contributed by atoms with Gasteiger partial charge in [0, 0.05) is 37.5 Å². The van der Waals surface area contributed by atoms with E-state index in [1.807, 2.05) is 6.92 Å². The highest BCUT2D eigenvalue weighted by molar-refractivity contribution is 6.02. The number of aromatic nitrogens is 1. The highest BCUT2D eigenvalue weighted by Gasteiger charge is 2.52. The van der Waals surface area contributed by atoms with Crippen molar-refractivity contribution in [2.24, 2.45) is 4.99 Å². The van der Waals surface area contributed by atoms with Gasteiger partial charge in [0.25, 0.3) is 11.9 Å². The quantitative estimate of drug-likeness (QED) is 0.660. The van der Waals surface area contributed by atoms with E-state index in [0.717, 1.165) is 44.5 Å². The van der Waals surface area contributed by atoms with E-state index >= 15 is 0 Å². The van der Waals surface area contributed by atoms with E-state index in [1.54, 1.807) is 0 Å². The van der Waals surface area contributed by atoms with E-state index in [1.165, 1.54) is 22.4 Å². The Bertz CT molecular complexity index is 1010.